The summed E-state index contributed by atoms with van der Waals surface area (Å²) >= 11 is 1.07. The van der Waals surface area contributed by atoms with Crippen LogP contribution in [0.15, 0.2) is 22.2 Å². The molecule has 3 N–H and O–H groups in total. The lowest BCUT2D eigenvalue weighted by molar-refractivity contribution is 0.0694. The van der Waals surface area contributed by atoms with Gasteiger partial charge < -0.3 is 10.8 Å². The van der Waals surface area contributed by atoms with Crippen LogP contribution in [-0.2, 0) is 0 Å². The van der Waals surface area contributed by atoms with Gasteiger partial charge in [0.2, 0.25) is 5.16 Å². The maximum absolute atomic E-state index is 13.4. The topological polar surface area (TPSA) is 107 Å². The van der Waals surface area contributed by atoms with Crippen molar-refractivity contribution in [2.45, 2.75) is 28.9 Å². The van der Waals surface area contributed by atoms with Crippen LogP contribution >= 0.6 is 11.8 Å². The molecule has 1 aromatic carbocycles. The molecule has 0 bridgehead atoms. The number of aromatic nitrogens is 4. The van der Waals surface area contributed by atoms with E-state index >= 15 is 0 Å². The van der Waals surface area contributed by atoms with Gasteiger partial charge in [0.15, 0.2) is 0 Å². The third-order valence-electron chi connectivity index (χ3n) is 2.92. The molecule has 0 amide bonds. The monoisotopic (exact) mass is 295 g/mol. The van der Waals surface area contributed by atoms with E-state index in [0.717, 1.165) is 30.7 Å². The van der Waals surface area contributed by atoms with E-state index in [1.807, 2.05) is 0 Å². The molecule has 1 aliphatic rings. The van der Waals surface area contributed by atoms with Gasteiger partial charge >= 0.3 is 5.97 Å². The molecule has 0 atom stereocenters. The lowest BCUT2D eigenvalue weighted by atomic mass is 10.2. The van der Waals surface area contributed by atoms with Gasteiger partial charge in [-0.2, -0.15) is 0 Å². The normalized spacial score (nSPS) is 14.4. The maximum atomic E-state index is 13.4. The van der Waals surface area contributed by atoms with Crippen molar-refractivity contribution in [1.82, 2.24) is 20.2 Å². The van der Waals surface area contributed by atoms with Crippen LogP contribution in [0.1, 0.15) is 29.2 Å². The number of nitrogens with two attached hydrogens (primary N) is 1. The molecule has 1 fully saturated rings. The molecule has 0 spiro atoms. The number of halogens is 1. The van der Waals surface area contributed by atoms with Crippen LogP contribution in [0.2, 0.25) is 0 Å². The summed E-state index contributed by atoms with van der Waals surface area (Å²) in [6, 6.07) is 2.76. The van der Waals surface area contributed by atoms with E-state index in [4.69, 9.17) is 5.73 Å². The van der Waals surface area contributed by atoms with Crippen LogP contribution in [0.25, 0.3) is 0 Å². The van der Waals surface area contributed by atoms with Gasteiger partial charge in [-0.3, -0.25) is 0 Å². The second-order valence-electron chi connectivity index (χ2n) is 4.38. The fourth-order valence-electron chi connectivity index (χ4n) is 1.78. The molecule has 0 unspecified atom stereocenters. The minimum atomic E-state index is -1.28. The number of benzene rings is 1. The number of hydrogen-bond acceptors (Lipinski definition) is 6. The Hall–Kier alpha value is -2.16. The van der Waals surface area contributed by atoms with Crippen molar-refractivity contribution in [2.75, 3.05) is 5.73 Å². The predicted molar refractivity (Wildman–Crippen MR) is 68.0 cm³/mol. The molecular weight excluding hydrogens is 285 g/mol. The van der Waals surface area contributed by atoms with Crippen LogP contribution in [0.4, 0.5) is 10.1 Å². The number of carboxylic acid groups (broad SMARTS) is 1. The SMILES string of the molecule is Nc1c(F)ccc(Sc2nnnn2C2CC2)c1C(=O)O. The van der Waals surface area contributed by atoms with Gasteiger partial charge in [-0.1, -0.05) is 0 Å². The third-order valence-corrected chi connectivity index (χ3v) is 3.94. The van der Waals surface area contributed by atoms with Gasteiger partial charge in [0.05, 0.1) is 17.3 Å². The largest absolute Gasteiger partial charge is 0.478 e. The van der Waals surface area contributed by atoms with Gasteiger partial charge in [-0.05, 0) is 47.2 Å². The Balaban J connectivity index is 2.00. The summed E-state index contributed by atoms with van der Waals surface area (Å²) in [4.78, 5) is 11.5. The molecule has 0 radical (unpaired) electrons. The number of rotatable bonds is 4. The number of hydrogen-bond donors (Lipinski definition) is 2. The Kier molecular flexibility index (Phi) is 3.05. The summed E-state index contributed by atoms with van der Waals surface area (Å²) in [5, 5.41) is 21.0. The number of tetrazole rings is 1. The van der Waals surface area contributed by atoms with Crippen LogP contribution in [-0.4, -0.2) is 31.3 Å². The van der Waals surface area contributed by atoms with Crippen molar-refractivity contribution >= 4 is 23.4 Å². The minimum absolute atomic E-state index is 0.263. The van der Waals surface area contributed by atoms with Gasteiger partial charge in [0, 0.05) is 4.90 Å². The molecule has 104 valence electrons. The van der Waals surface area contributed by atoms with Crippen molar-refractivity contribution in [3.05, 3.63) is 23.5 Å². The zero-order valence-corrected chi connectivity index (χ0v) is 11.0. The van der Waals surface area contributed by atoms with E-state index in [0.29, 0.717) is 10.1 Å². The fraction of sp³-hybridized carbons (Fsp3) is 0.273. The Labute approximate surface area is 117 Å². The van der Waals surface area contributed by atoms with E-state index in [-0.39, 0.29) is 17.3 Å². The third kappa shape index (κ3) is 2.20. The first kappa shape index (κ1) is 12.9. The summed E-state index contributed by atoms with van der Waals surface area (Å²) in [7, 11) is 0. The maximum Gasteiger partial charge on any atom is 0.339 e. The van der Waals surface area contributed by atoms with E-state index in [1.54, 1.807) is 4.68 Å². The molecule has 1 heterocycles. The van der Waals surface area contributed by atoms with Crippen molar-refractivity contribution in [1.29, 1.82) is 0 Å². The average Bonchev–Trinajstić information content (AvgIpc) is 3.14. The van der Waals surface area contributed by atoms with Crippen LogP contribution in [0.5, 0.6) is 0 Å². The standard InChI is InChI=1S/C11H10FN5O2S/c12-6-3-4-7(8(9(6)13)10(18)19)20-11-14-15-16-17(11)5-1-2-5/h3-5H,1-2,13H2,(H,18,19). The van der Waals surface area contributed by atoms with Gasteiger partial charge in [0.1, 0.15) is 5.82 Å². The zero-order valence-electron chi connectivity index (χ0n) is 10.2. The Morgan fingerprint density at radius 2 is 2.25 bits per heavy atom. The van der Waals surface area contributed by atoms with Crippen LogP contribution in [0.3, 0.4) is 0 Å². The number of aromatic carboxylic acids is 1. The average molecular weight is 295 g/mol. The van der Waals surface area contributed by atoms with Crippen molar-refractivity contribution in [2.24, 2.45) is 0 Å². The lowest BCUT2D eigenvalue weighted by Crippen LogP contribution is -2.07. The summed E-state index contributed by atoms with van der Waals surface area (Å²) in [6.45, 7) is 0. The van der Waals surface area contributed by atoms with E-state index in [9.17, 15) is 14.3 Å². The first-order valence-electron chi connectivity index (χ1n) is 5.85. The highest BCUT2D eigenvalue weighted by atomic mass is 32.2. The number of nitrogens with zero attached hydrogens (tertiary/aromatic N) is 4. The molecule has 3 rings (SSSR count). The summed E-state index contributed by atoms with van der Waals surface area (Å²) in [6.07, 6.45) is 1.99. The summed E-state index contributed by atoms with van der Waals surface area (Å²) in [5.74, 6) is -2.04. The highest BCUT2D eigenvalue weighted by Gasteiger charge is 2.29. The Morgan fingerprint density at radius 3 is 2.90 bits per heavy atom. The first-order chi connectivity index (χ1) is 9.58. The summed E-state index contributed by atoms with van der Waals surface area (Å²) in [5.41, 5.74) is 4.85. The van der Waals surface area contributed by atoms with Crippen molar-refractivity contribution in [3.63, 3.8) is 0 Å². The molecule has 9 heteroatoms. The highest BCUT2D eigenvalue weighted by Crippen LogP contribution is 2.39. The molecule has 1 aliphatic carbocycles. The quantitative estimate of drug-likeness (QED) is 0.824. The van der Waals surface area contributed by atoms with Crippen LogP contribution in [0, 0.1) is 5.82 Å². The Morgan fingerprint density at radius 1 is 1.50 bits per heavy atom. The molecule has 0 saturated heterocycles. The second-order valence-corrected chi connectivity index (χ2v) is 5.39. The van der Waals surface area contributed by atoms with Crippen molar-refractivity contribution in [3.8, 4) is 0 Å². The molecule has 1 aromatic heterocycles. The van der Waals surface area contributed by atoms with Gasteiger partial charge in [0.25, 0.3) is 0 Å². The fourth-order valence-corrected chi connectivity index (χ4v) is 2.77. The molecule has 7 nitrogen and oxygen atoms in total. The van der Waals surface area contributed by atoms with E-state index in [2.05, 4.69) is 15.5 Å². The second kappa shape index (κ2) is 4.75. The number of nitrogen functional groups attached to an aromatic ring is 1. The smallest absolute Gasteiger partial charge is 0.339 e. The highest BCUT2D eigenvalue weighted by molar-refractivity contribution is 7.99. The molecular formula is C11H10FN5O2S. The molecule has 0 aliphatic heterocycles. The first-order valence-corrected chi connectivity index (χ1v) is 6.66. The van der Waals surface area contributed by atoms with Gasteiger partial charge in [-0.15, -0.1) is 5.10 Å². The summed E-state index contributed by atoms with van der Waals surface area (Å²) < 4.78 is 15.0. The van der Waals surface area contributed by atoms with E-state index in [1.165, 1.54) is 6.07 Å². The molecule has 1 saturated carbocycles. The van der Waals surface area contributed by atoms with Crippen LogP contribution < -0.4 is 5.73 Å². The lowest BCUT2D eigenvalue weighted by Gasteiger charge is -2.08. The van der Waals surface area contributed by atoms with Crippen molar-refractivity contribution < 1.29 is 14.3 Å². The minimum Gasteiger partial charge on any atom is -0.478 e. The zero-order chi connectivity index (χ0) is 14.3. The molecule has 2 aromatic rings. The van der Waals surface area contributed by atoms with Gasteiger partial charge in [-0.25, -0.2) is 13.9 Å². The number of carboxylic acids is 1. The molecule has 20 heavy (non-hydrogen) atoms. The predicted octanol–water partition coefficient (Wildman–Crippen LogP) is 1.58. The Bertz CT molecular complexity index is 685. The van der Waals surface area contributed by atoms with E-state index < -0.39 is 11.8 Å². The number of carbonyl (C=O) groups is 1. The number of anilines is 1.